The summed E-state index contributed by atoms with van der Waals surface area (Å²) in [7, 11) is 0. The van der Waals surface area contributed by atoms with E-state index in [0.717, 1.165) is 13.1 Å². The quantitative estimate of drug-likeness (QED) is 0.461. The fourth-order valence-electron chi connectivity index (χ4n) is 0.702. The second-order valence-electron chi connectivity index (χ2n) is 2.25. The first-order valence-corrected chi connectivity index (χ1v) is 4.15. The summed E-state index contributed by atoms with van der Waals surface area (Å²) in [6.45, 7) is 6.52. The van der Waals surface area contributed by atoms with Crippen molar-refractivity contribution < 1.29 is 0 Å². The van der Waals surface area contributed by atoms with Gasteiger partial charge in [-0.25, -0.2) is 0 Å². The normalized spacial score (nSPS) is 10.7. The molecule has 9 heavy (non-hydrogen) atoms. The Balaban J connectivity index is 2.88. The zero-order chi connectivity index (χ0) is 7.11. The lowest BCUT2D eigenvalue weighted by molar-refractivity contribution is 0.476. The number of unbranched alkanes of at least 4 members (excludes halogenated alkanes) is 2. The standard InChI is InChI=1S/C7H17NS/c1-3-5-6-7-8(9)4-2/h9H,3-7H2,1-2H3. The van der Waals surface area contributed by atoms with E-state index in [4.69, 9.17) is 0 Å². The van der Waals surface area contributed by atoms with Crippen molar-refractivity contribution in [3.63, 3.8) is 0 Å². The van der Waals surface area contributed by atoms with Crippen LogP contribution in [0.5, 0.6) is 0 Å². The Bertz CT molecular complexity index is 56.9. The minimum absolute atomic E-state index is 1.05. The van der Waals surface area contributed by atoms with Crippen LogP contribution < -0.4 is 0 Å². The lowest BCUT2D eigenvalue weighted by atomic mass is 10.2. The molecule has 2 heteroatoms. The van der Waals surface area contributed by atoms with Gasteiger partial charge in [0.05, 0.1) is 0 Å². The van der Waals surface area contributed by atoms with E-state index in [0.29, 0.717) is 0 Å². The van der Waals surface area contributed by atoms with Crippen LogP contribution in [0.15, 0.2) is 0 Å². The smallest absolute Gasteiger partial charge is 0.00868 e. The molecular formula is C7H17NS. The molecule has 0 aromatic carbocycles. The molecule has 0 aromatic rings. The molecule has 0 fully saturated rings. The van der Waals surface area contributed by atoms with Gasteiger partial charge in [-0.1, -0.05) is 39.5 Å². The van der Waals surface area contributed by atoms with E-state index in [1.54, 1.807) is 0 Å². The zero-order valence-corrected chi connectivity index (χ0v) is 7.32. The molecule has 0 bridgehead atoms. The molecule has 0 aromatic heterocycles. The van der Waals surface area contributed by atoms with Gasteiger partial charge in [-0.3, -0.25) is 4.31 Å². The maximum atomic E-state index is 4.24. The molecule has 0 unspecified atom stereocenters. The van der Waals surface area contributed by atoms with E-state index in [1.165, 1.54) is 19.3 Å². The van der Waals surface area contributed by atoms with Gasteiger partial charge in [0.2, 0.25) is 0 Å². The van der Waals surface area contributed by atoms with Crippen LogP contribution >= 0.6 is 12.8 Å². The molecule has 0 saturated carbocycles. The molecule has 0 aliphatic carbocycles. The summed E-state index contributed by atoms with van der Waals surface area (Å²) in [6, 6.07) is 0. The predicted molar refractivity (Wildman–Crippen MR) is 45.8 cm³/mol. The lowest BCUT2D eigenvalue weighted by Crippen LogP contribution is -2.12. The van der Waals surface area contributed by atoms with Crippen molar-refractivity contribution in [1.29, 1.82) is 0 Å². The highest BCUT2D eigenvalue weighted by Crippen LogP contribution is 1.99. The molecule has 0 N–H and O–H groups in total. The fourth-order valence-corrected chi connectivity index (χ4v) is 0.844. The number of hydrogen-bond donors (Lipinski definition) is 1. The van der Waals surface area contributed by atoms with Crippen molar-refractivity contribution in [2.75, 3.05) is 13.1 Å². The van der Waals surface area contributed by atoms with Crippen molar-refractivity contribution in [3.05, 3.63) is 0 Å². The Labute approximate surface area is 64.0 Å². The third-order valence-corrected chi connectivity index (χ3v) is 1.87. The molecule has 0 atom stereocenters. The first-order chi connectivity index (χ1) is 4.31. The molecule has 0 saturated heterocycles. The van der Waals surface area contributed by atoms with E-state index in [9.17, 15) is 0 Å². The largest absolute Gasteiger partial charge is 0.254 e. The Morgan fingerprint density at radius 3 is 2.33 bits per heavy atom. The van der Waals surface area contributed by atoms with Crippen molar-refractivity contribution in [2.24, 2.45) is 0 Å². The van der Waals surface area contributed by atoms with Crippen LogP contribution in [-0.2, 0) is 0 Å². The third-order valence-electron chi connectivity index (χ3n) is 1.38. The van der Waals surface area contributed by atoms with Crippen LogP contribution in [0.25, 0.3) is 0 Å². The molecule has 0 amide bonds. The summed E-state index contributed by atoms with van der Waals surface area (Å²) in [5.41, 5.74) is 0. The summed E-state index contributed by atoms with van der Waals surface area (Å²) >= 11 is 4.24. The van der Waals surface area contributed by atoms with Gasteiger partial charge < -0.3 is 0 Å². The van der Waals surface area contributed by atoms with Crippen LogP contribution in [0.3, 0.4) is 0 Å². The minimum atomic E-state index is 1.05. The van der Waals surface area contributed by atoms with Crippen LogP contribution in [0.4, 0.5) is 0 Å². The maximum Gasteiger partial charge on any atom is 0.00868 e. The highest BCUT2D eigenvalue weighted by atomic mass is 32.1. The van der Waals surface area contributed by atoms with Crippen molar-refractivity contribution in [3.8, 4) is 0 Å². The summed E-state index contributed by atoms with van der Waals surface area (Å²) in [4.78, 5) is 0. The van der Waals surface area contributed by atoms with E-state index >= 15 is 0 Å². The Morgan fingerprint density at radius 1 is 1.22 bits per heavy atom. The van der Waals surface area contributed by atoms with Crippen LogP contribution in [0.2, 0.25) is 0 Å². The second-order valence-corrected chi connectivity index (χ2v) is 2.82. The van der Waals surface area contributed by atoms with Crippen LogP contribution in [-0.4, -0.2) is 17.4 Å². The number of hydrogen-bond acceptors (Lipinski definition) is 2. The molecule has 0 aliphatic rings. The first-order valence-electron chi connectivity index (χ1n) is 3.75. The van der Waals surface area contributed by atoms with Gasteiger partial charge in [-0.15, -0.1) is 0 Å². The van der Waals surface area contributed by atoms with E-state index in [1.807, 2.05) is 0 Å². The lowest BCUT2D eigenvalue weighted by Gasteiger charge is -2.10. The molecule has 0 radical (unpaired) electrons. The average molecular weight is 147 g/mol. The topological polar surface area (TPSA) is 3.24 Å². The summed E-state index contributed by atoms with van der Waals surface area (Å²) < 4.78 is 2.05. The van der Waals surface area contributed by atoms with Crippen molar-refractivity contribution in [2.45, 2.75) is 33.1 Å². The van der Waals surface area contributed by atoms with E-state index in [-0.39, 0.29) is 0 Å². The maximum absolute atomic E-state index is 4.24. The Kier molecular flexibility index (Phi) is 6.65. The first kappa shape index (κ1) is 9.31. The summed E-state index contributed by atoms with van der Waals surface area (Å²) in [6.07, 6.45) is 3.91. The van der Waals surface area contributed by atoms with Gasteiger partial charge in [-0.05, 0) is 6.42 Å². The predicted octanol–water partition coefficient (Wildman–Crippen LogP) is 2.34. The molecule has 0 heterocycles. The molecule has 1 nitrogen and oxygen atoms in total. The molecular weight excluding hydrogens is 130 g/mol. The average Bonchev–Trinajstić information content (AvgIpc) is 1.89. The second kappa shape index (κ2) is 6.43. The number of thiol groups is 1. The zero-order valence-electron chi connectivity index (χ0n) is 6.43. The highest BCUT2D eigenvalue weighted by Gasteiger charge is 1.92. The minimum Gasteiger partial charge on any atom is -0.254 e. The number of rotatable bonds is 5. The molecule has 0 rings (SSSR count). The van der Waals surface area contributed by atoms with Gasteiger partial charge in [0, 0.05) is 13.1 Å². The van der Waals surface area contributed by atoms with E-state index in [2.05, 4.69) is 31.0 Å². The fraction of sp³-hybridized carbons (Fsp3) is 1.00. The third kappa shape index (κ3) is 6.19. The van der Waals surface area contributed by atoms with Crippen LogP contribution in [0, 0.1) is 0 Å². The highest BCUT2D eigenvalue weighted by molar-refractivity contribution is 7.77. The SMILES string of the molecule is CCCCCN(S)CC. The molecule has 0 spiro atoms. The van der Waals surface area contributed by atoms with Crippen molar-refractivity contribution >= 4 is 12.8 Å². The van der Waals surface area contributed by atoms with Gasteiger partial charge in [-0.2, -0.15) is 0 Å². The summed E-state index contributed by atoms with van der Waals surface area (Å²) in [5.74, 6) is 0. The number of nitrogens with zero attached hydrogens (tertiary/aromatic N) is 1. The Morgan fingerprint density at radius 2 is 1.89 bits per heavy atom. The van der Waals surface area contributed by atoms with Gasteiger partial charge in [0.15, 0.2) is 0 Å². The molecule has 0 aliphatic heterocycles. The monoisotopic (exact) mass is 147 g/mol. The van der Waals surface area contributed by atoms with Gasteiger partial charge in [0.25, 0.3) is 0 Å². The van der Waals surface area contributed by atoms with Crippen LogP contribution in [0.1, 0.15) is 33.1 Å². The van der Waals surface area contributed by atoms with Crippen molar-refractivity contribution in [1.82, 2.24) is 4.31 Å². The van der Waals surface area contributed by atoms with Gasteiger partial charge in [0.1, 0.15) is 0 Å². The summed E-state index contributed by atoms with van der Waals surface area (Å²) in [5, 5.41) is 0. The van der Waals surface area contributed by atoms with Gasteiger partial charge >= 0.3 is 0 Å². The molecule has 56 valence electrons. The Hall–Kier alpha value is 0.310. The van der Waals surface area contributed by atoms with E-state index < -0.39 is 0 Å².